The van der Waals surface area contributed by atoms with E-state index in [1.54, 1.807) is 25.3 Å². The van der Waals surface area contributed by atoms with Crippen molar-refractivity contribution < 1.29 is 14.3 Å². The van der Waals surface area contributed by atoms with Crippen molar-refractivity contribution in [2.75, 3.05) is 43.6 Å². The zero-order valence-corrected chi connectivity index (χ0v) is 15.2. The van der Waals surface area contributed by atoms with Gasteiger partial charge in [0.15, 0.2) is 5.78 Å². The van der Waals surface area contributed by atoms with Gasteiger partial charge in [-0.1, -0.05) is 12.1 Å². The van der Waals surface area contributed by atoms with Gasteiger partial charge < -0.3 is 19.7 Å². The van der Waals surface area contributed by atoms with Gasteiger partial charge in [-0.25, -0.2) is 0 Å². The van der Waals surface area contributed by atoms with Crippen LogP contribution in [0.3, 0.4) is 0 Å². The molecule has 1 aliphatic heterocycles. The summed E-state index contributed by atoms with van der Waals surface area (Å²) in [5.74, 6) is 0.618. The van der Waals surface area contributed by atoms with E-state index < -0.39 is 0 Å². The van der Waals surface area contributed by atoms with Crippen LogP contribution in [0, 0.1) is 0 Å². The number of nitrogens with one attached hydrogen (secondary N) is 1. The number of carbonyl (C=O) groups excluding carboxylic acids is 1. The van der Waals surface area contributed by atoms with Crippen molar-refractivity contribution in [2.45, 2.75) is 6.92 Å². The van der Waals surface area contributed by atoms with Gasteiger partial charge in [-0.05, 0) is 43.3 Å². The molecule has 3 rings (SSSR count). The Morgan fingerprint density at radius 2 is 1.88 bits per heavy atom. The molecule has 136 valence electrons. The molecule has 0 bridgehead atoms. The van der Waals surface area contributed by atoms with Crippen LogP contribution in [0.5, 0.6) is 5.75 Å². The van der Waals surface area contributed by atoms with E-state index in [1.807, 2.05) is 31.2 Å². The zero-order chi connectivity index (χ0) is 18.4. The highest BCUT2D eigenvalue weighted by atomic mass is 16.5. The minimum absolute atomic E-state index is 0.0566. The van der Waals surface area contributed by atoms with Gasteiger partial charge in [0.05, 0.1) is 20.3 Å². The van der Waals surface area contributed by atoms with Crippen LogP contribution in [0.4, 0.5) is 11.4 Å². The average Bonchev–Trinajstić information content (AvgIpc) is 2.69. The smallest absolute Gasteiger partial charge is 0.187 e. The monoisotopic (exact) mass is 352 g/mol. The van der Waals surface area contributed by atoms with E-state index in [4.69, 9.17) is 9.47 Å². The Bertz CT molecular complexity index is 778. The standard InChI is InChI=1S/C21H24N2O3/c1-16(14-21(24)17-4-3-5-20(15-17)25-2)22-18-6-8-19(9-7-18)23-10-12-26-13-11-23/h3-9,14-15,22H,10-13H2,1-2H3/b16-14+. The molecule has 0 saturated carbocycles. The number of hydrogen-bond donors (Lipinski definition) is 1. The molecule has 0 radical (unpaired) electrons. The van der Waals surface area contributed by atoms with Crippen molar-refractivity contribution in [1.82, 2.24) is 0 Å². The van der Waals surface area contributed by atoms with Crippen LogP contribution >= 0.6 is 0 Å². The van der Waals surface area contributed by atoms with Gasteiger partial charge in [0.1, 0.15) is 5.75 Å². The molecular weight excluding hydrogens is 328 g/mol. The number of methoxy groups -OCH3 is 1. The highest BCUT2D eigenvalue weighted by molar-refractivity contribution is 6.05. The number of nitrogens with zero attached hydrogens (tertiary/aromatic N) is 1. The van der Waals surface area contributed by atoms with Crippen LogP contribution in [0.2, 0.25) is 0 Å². The second kappa shape index (κ2) is 8.54. The Morgan fingerprint density at radius 1 is 1.15 bits per heavy atom. The summed E-state index contributed by atoms with van der Waals surface area (Å²) in [5, 5.41) is 3.27. The Labute approximate surface area is 154 Å². The SMILES string of the molecule is COc1cccc(C(=O)/C=C(\C)Nc2ccc(N3CCOCC3)cc2)c1. The predicted molar refractivity (Wildman–Crippen MR) is 104 cm³/mol. The lowest BCUT2D eigenvalue weighted by atomic mass is 10.1. The van der Waals surface area contributed by atoms with Crippen LogP contribution in [0.25, 0.3) is 0 Å². The highest BCUT2D eigenvalue weighted by Crippen LogP contribution is 2.20. The van der Waals surface area contributed by atoms with Crippen molar-refractivity contribution in [3.8, 4) is 5.75 Å². The van der Waals surface area contributed by atoms with Crippen molar-refractivity contribution in [1.29, 1.82) is 0 Å². The fourth-order valence-corrected chi connectivity index (χ4v) is 2.90. The number of ketones is 1. The molecule has 26 heavy (non-hydrogen) atoms. The Kier molecular flexibility index (Phi) is 5.92. The normalized spacial score (nSPS) is 14.8. The molecule has 2 aromatic rings. The van der Waals surface area contributed by atoms with Crippen LogP contribution in [0.15, 0.2) is 60.3 Å². The topological polar surface area (TPSA) is 50.8 Å². The Morgan fingerprint density at radius 3 is 2.58 bits per heavy atom. The van der Waals surface area contributed by atoms with E-state index in [9.17, 15) is 4.79 Å². The van der Waals surface area contributed by atoms with Crippen LogP contribution in [-0.2, 0) is 4.74 Å². The summed E-state index contributed by atoms with van der Waals surface area (Å²) >= 11 is 0. The number of ether oxygens (including phenoxy) is 2. The molecule has 2 aromatic carbocycles. The molecule has 0 spiro atoms. The van der Waals surface area contributed by atoms with Gasteiger partial charge in [-0.15, -0.1) is 0 Å². The number of hydrogen-bond acceptors (Lipinski definition) is 5. The number of rotatable bonds is 6. The van der Waals surface area contributed by atoms with Crippen molar-refractivity contribution in [3.63, 3.8) is 0 Å². The predicted octanol–water partition coefficient (Wildman–Crippen LogP) is 3.73. The lowest BCUT2D eigenvalue weighted by Crippen LogP contribution is -2.36. The molecule has 1 N–H and O–H groups in total. The van der Waals surface area contributed by atoms with Gasteiger partial charge in [-0.3, -0.25) is 4.79 Å². The van der Waals surface area contributed by atoms with Crippen molar-refractivity contribution in [2.24, 2.45) is 0 Å². The summed E-state index contributed by atoms with van der Waals surface area (Å²) in [7, 11) is 1.59. The van der Waals surface area contributed by atoms with E-state index in [2.05, 4.69) is 22.3 Å². The van der Waals surface area contributed by atoms with E-state index in [-0.39, 0.29) is 5.78 Å². The molecule has 0 atom stereocenters. The van der Waals surface area contributed by atoms with E-state index in [1.165, 1.54) is 5.69 Å². The van der Waals surface area contributed by atoms with E-state index in [0.717, 1.165) is 37.7 Å². The van der Waals surface area contributed by atoms with Crippen molar-refractivity contribution in [3.05, 3.63) is 65.9 Å². The van der Waals surface area contributed by atoms with E-state index in [0.29, 0.717) is 11.3 Å². The third-order valence-electron chi connectivity index (χ3n) is 4.29. The average molecular weight is 352 g/mol. The Balaban J connectivity index is 1.63. The molecule has 0 aromatic heterocycles. The van der Waals surface area contributed by atoms with Gasteiger partial charge >= 0.3 is 0 Å². The van der Waals surface area contributed by atoms with Crippen molar-refractivity contribution >= 4 is 17.2 Å². The van der Waals surface area contributed by atoms with E-state index >= 15 is 0 Å². The Hall–Kier alpha value is -2.79. The fourth-order valence-electron chi connectivity index (χ4n) is 2.90. The number of anilines is 2. The van der Waals surface area contributed by atoms with Gasteiger partial charge in [0.2, 0.25) is 0 Å². The second-order valence-corrected chi connectivity index (χ2v) is 6.19. The largest absolute Gasteiger partial charge is 0.497 e. The third-order valence-corrected chi connectivity index (χ3v) is 4.29. The summed E-state index contributed by atoms with van der Waals surface area (Å²) in [4.78, 5) is 14.7. The minimum Gasteiger partial charge on any atom is -0.497 e. The lowest BCUT2D eigenvalue weighted by molar-refractivity contribution is 0.104. The number of allylic oxidation sites excluding steroid dienone is 2. The summed E-state index contributed by atoms with van der Waals surface area (Å²) in [6, 6.07) is 15.4. The van der Waals surface area contributed by atoms with Gasteiger partial charge in [-0.2, -0.15) is 0 Å². The van der Waals surface area contributed by atoms with Crippen LogP contribution < -0.4 is 15.0 Å². The quantitative estimate of drug-likeness (QED) is 0.634. The number of carbonyl (C=O) groups is 1. The minimum atomic E-state index is -0.0566. The summed E-state index contributed by atoms with van der Waals surface area (Å²) in [6.07, 6.45) is 1.60. The third kappa shape index (κ3) is 4.64. The molecule has 0 unspecified atom stereocenters. The molecule has 5 nitrogen and oxygen atoms in total. The first-order valence-electron chi connectivity index (χ1n) is 8.72. The molecule has 1 saturated heterocycles. The van der Waals surface area contributed by atoms with Crippen LogP contribution in [-0.4, -0.2) is 39.2 Å². The zero-order valence-electron chi connectivity index (χ0n) is 15.2. The maximum Gasteiger partial charge on any atom is 0.187 e. The number of benzene rings is 2. The van der Waals surface area contributed by atoms with Gasteiger partial charge in [0.25, 0.3) is 0 Å². The fraction of sp³-hybridized carbons (Fsp3) is 0.286. The molecule has 5 heteroatoms. The first kappa shape index (κ1) is 18.0. The molecule has 0 amide bonds. The number of morpholine rings is 1. The summed E-state index contributed by atoms with van der Waals surface area (Å²) in [5.41, 5.74) is 3.53. The lowest BCUT2D eigenvalue weighted by Gasteiger charge is -2.29. The maximum absolute atomic E-state index is 12.4. The highest BCUT2D eigenvalue weighted by Gasteiger charge is 2.11. The van der Waals surface area contributed by atoms with Crippen LogP contribution in [0.1, 0.15) is 17.3 Å². The molecule has 1 fully saturated rings. The molecule has 0 aliphatic carbocycles. The summed E-state index contributed by atoms with van der Waals surface area (Å²) < 4.78 is 10.6. The molecule has 1 aliphatic rings. The first-order chi connectivity index (χ1) is 12.7. The molecule has 1 heterocycles. The summed E-state index contributed by atoms with van der Waals surface area (Å²) in [6.45, 7) is 5.26. The molecular formula is C21H24N2O3. The first-order valence-corrected chi connectivity index (χ1v) is 8.72. The second-order valence-electron chi connectivity index (χ2n) is 6.19. The van der Waals surface area contributed by atoms with Gasteiger partial charge in [0, 0.05) is 41.8 Å². The maximum atomic E-state index is 12.4.